The van der Waals surface area contributed by atoms with Crippen LogP contribution in [0.3, 0.4) is 0 Å². The second-order valence-electron chi connectivity index (χ2n) is 7.71. The predicted octanol–water partition coefficient (Wildman–Crippen LogP) is 6.84. The van der Waals surface area contributed by atoms with E-state index in [0.29, 0.717) is 5.41 Å². The van der Waals surface area contributed by atoms with Gasteiger partial charge in [-0.3, -0.25) is 0 Å². The number of nitrogens with two attached hydrogens (primary N) is 1. The van der Waals surface area contributed by atoms with Gasteiger partial charge in [-0.05, 0) is 18.4 Å². The fraction of sp³-hybridized carbons (Fsp3) is 1.00. The lowest BCUT2D eigenvalue weighted by atomic mass is 9.87. The second-order valence-corrected chi connectivity index (χ2v) is 7.71. The molecule has 0 amide bonds. The maximum absolute atomic E-state index is 5.76. The molecule has 21 heavy (non-hydrogen) atoms. The van der Waals surface area contributed by atoms with Crippen molar-refractivity contribution in [1.82, 2.24) is 0 Å². The van der Waals surface area contributed by atoms with Gasteiger partial charge in [0.2, 0.25) is 0 Å². The summed E-state index contributed by atoms with van der Waals surface area (Å²) < 4.78 is 0. The van der Waals surface area contributed by atoms with Crippen LogP contribution in [0.1, 0.15) is 117 Å². The number of unbranched alkanes of at least 4 members (excludes halogenated alkanes) is 13. The summed E-state index contributed by atoms with van der Waals surface area (Å²) in [6, 6.07) is 0. The fourth-order valence-electron chi connectivity index (χ4n) is 2.90. The molecule has 0 heterocycles. The third kappa shape index (κ3) is 16.2. The van der Waals surface area contributed by atoms with Crippen molar-refractivity contribution in [2.24, 2.45) is 11.1 Å². The average molecular weight is 298 g/mol. The van der Waals surface area contributed by atoms with Crippen LogP contribution >= 0.6 is 0 Å². The summed E-state index contributed by atoms with van der Waals surface area (Å²) in [6.07, 6.45) is 21.4. The lowest BCUT2D eigenvalue weighted by Crippen LogP contribution is -2.23. The highest BCUT2D eigenvalue weighted by molar-refractivity contribution is 4.68. The molecule has 0 radical (unpaired) electrons. The standard InChI is InChI=1S/C20H43N/c1-4-5-6-7-8-9-10-11-12-13-14-15-16-17-18-20(2,3)19-21/h4-19,21H2,1-3H3. The van der Waals surface area contributed by atoms with Gasteiger partial charge in [0.15, 0.2) is 0 Å². The normalized spacial score (nSPS) is 12.0. The van der Waals surface area contributed by atoms with Crippen LogP contribution < -0.4 is 5.73 Å². The molecule has 0 aromatic carbocycles. The Morgan fingerprint density at radius 2 is 0.905 bits per heavy atom. The first-order valence-corrected chi connectivity index (χ1v) is 9.82. The van der Waals surface area contributed by atoms with Gasteiger partial charge >= 0.3 is 0 Å². The molecule has 0 aromatic heterocycles. The van der Waals surface area contributed by atoms with Crippen LogP contribution in [-0.4, -0.2) is 6.54 Å². The van der Waals surface area contributed by atoms with Gasteiger partial charge in [-0.15, -0.1) is 0 Å². The van der Waals surface area contributed by atoms with Crippen molar-refractivity contribution in [3.63, 3.8) is 0 Å². The Balaban J connectivity index is 3.06. The summed E-state index contributed by atoms with van der Waals surface area (Å²) in [6.45, 7) is 7.69. The molecule has 0 aliphatic rings. The molecule has 128 valence electrons. The highest BCUT2D eigenvalue weighted by Gasteiger charge is 2.13. The summed E-state index contributed by atoms with van der Waals surface area (Å²) in [5.74, 6) is 0. The van der Waals surface area contributed by atoms with Gasteiger partial charge in [0.25, 0.3) is 0 Å². The lowest BCUT2D eigenvalue weighted by molar-refractivity contribution is 0.330. The largest absolute Gasteiger partial charge is 0.330 e. The van der Waals surface area contributed by atoms with Gasteiger partial charge in [0.1, 0.15) is 0 Å². The van der Waals surface area contributed by atoms with Crippen molar-refractivity contribution in [3.8, 4) is 0 Å². The number of hydrogen-bond donors (Lipinski definition) is 1. The maximum Gasteiger partial charge on any atom is -0.00258 e. The van der Waals surface area contributed by atoms with Gasteiger partial charge < -0.3 is 5.73 Å². The summed E-state index contributed by atoms with van der Waals surface area (Å²) in [5.41, 5.74) is 6.12. The van der Waals surface area contributed by atoms with E-state index in [1.807, 2.05) is 0 Å². The Morgan fingerprint density at radius 3 is 1.24 bits per heavy atom. The third-order valence-electron chi connectivity index (χ3n) is 4.76. The fourth-order valence-corrected chi connectivity index (χ4v) is 2.90. The molecule has 2 N–H and O–H groups in total. The Bertz CT molecular complexity index is 198. The van der Waals surface area contributed by atoms with E-state index in [0.717, 1.165) is 6.54 Å². The van der Waals surface area contributed by atoms with Crippen molar-refractivity contribution in [2.45, 2.75) is 117 Å². The Kier molecular flexibility index (Phi) is 14.9. The maximum atomic E-state index is 5.76. The van der Waals surface area contributed by atoms with E-state index >= 15 is 0 Å². The minimum Gasteiger partial charge on any atom is -0.330 e. The molecule has 0 spiro atoms. The molecule has 0 atom stereocenters. The average Bonchev–Trinajstić information content (AvgIpc) is 2.47. The molecule has 0 aliphatic carbocycles. The zero-order valence-electron chi connectivity index (χ0n) is 15.4. The van der Waals surface area contributed by atoms with E-state index in [-0.39, 0.29) is 0 Å². The van der Waals surface area contributed by atoms with Crippen LogP contribution in [0.15, 0.2) is 0 Å². The quantitative estimate of drug-likeness (QED) is 0.310. The van der Waals surface area contributed by atoms with Crippen LogP contribution in [0.5, 0.6) is 0 Å². The van der Waals surface area contributed by atoms with E-state index in [9.17, 15) is 0 Å². The monoisotopic (exact) mass is 297 g/mol. The minimum absolute atomic E-state index is 0.358. The van der Waals surface area contributed by atoms with Crippen LogP contribution in [0, 0.1) is 5.41 Å². The van der Waals surface area contributed by atoms with Crippen LogP contribution in [0.4, 0.5) is 0 Å². The van der Waals surface area contributed by atoms with Crippen LogP contribution in [0.25, 0.3) is 0 Å². The molecule has 0 saturated carbocycles. The van der Waals surface area contributed by atoms with Crippen molar-refractivity contribution < 1.29 is 0 Å². The van der Waals surface area contributed by atoms with Gasteiger partial charge in [-0.25, -0.2) is 0 Å². The molecule has 0 fully saturated rings. The van der Waals surface area contributed by atoms with E-state index in [2.05, 4.69) is 20.8 Å². The van der Waals surface area contributed by atoms with Gasteiger partial charge in [-0.1, -0.05) is 111 Å². The number of rotatable bonds is 16. The van der Waals surface area contributed by atoms with Crippen molar-refractivity contribution in [1.29, 1.82) is 0 Å². The first-order valence-electron chi connectivity index (χ1n) is 9.82. The van der Waals surface area contributed by atoms with Crippen molar-refractivity contribution >= 4 is 0 Å². The zero-order chi connectivity index (χ0) is 15.8. The summed E-state index contributed by atoms with van der Waals surface area (Å²) in [4.78, 5) is 0. The van der Waals surface area contributed by atoms with Crippen LogP contribution in [0.2, 0.25) is 0 Å². The minimum atomic E-state index is 0.358. The summed E-state index contributed by atoms with van der Waals surface area (Å²) >= 11 is 0. The molecule has 0 bridgehead atoms. The SMILES string of the molecule is CCCCCCCCCCCCCCCCC(C)(C)CN. The summed E-state index contributed by atoms with van der Waals surface area (Å²) in [7, 11) is 0. The highest BCUT2D eigenvalue weighted by atomic mass is 14.6. The Labute approximate surface area is 135 Å². The molecular formula is C20H43N. The highest BCUT2D eigenvalue weighted by Crippen LogP contribution is 2.22. The molecule has 1 heteroatoms. The molecule has 0 aliphatic heterocycles. The summed E-state index contributed by atoms with van der Waals surface area (Å²) in [5, 5.41) is 0. The van der Waals surface area contributed by atoms with Crippen LogP contribution in [-0.2, 0) is 0 Å². The van der Waals surface area contributed by atoms with Crippen molar-refractivity contribution in [2.75, 3.05) is 6.54 Å². The van der Waals surface area contributed by atoms with Crippen molar-refractivity contribution in [3.05, 3.63) is 0 Å². The van der Waals surface area contributed by atoms with Gasteiger partial charge in [0.05, 0.1) is 0 Å². The molecule has 0 unspecified atom stereocenters. The Hall–Kier alpha value is -0.0400. The Morgan fingerprint density at radius 1 is 0.571 bits per heavy atom. The van der Waals surface area contributed by atoms with Gasteiger partial charge in [-0.2, -0.15) is 0 Å². The van der Waals surface area contributed by atoms with E-state index in [1.54, 1.807) is 0 Å². The topological polar surface area (TPSA) is 26.0 Å². The smallest absolute Gasteiger partial charge is 0.00258 e. The lowest BCUT2D eigenvalue weighted by Gasteiger charge is -2.21. The van der Waals surface area contributed by atoms with E-state index in [1.165, 1.54) is 96.3 Å². The first-order chi connectivity index (χ1) is 10.1. The third-order valence-corrected chi connectivity index (χ3v) is 4.76. The molecular weight excluding hydrogens is 254 g/mol. The second kappa shape index (κ2) is 14.9. The van der Waals surface area contributed by atoms with E-state index in [4.69, 9.17) is 5.73 Å². The zero-order valence-corrected chi connectivity index (χ0v) is 15.4. The molecule has 0 saturated heterocycles. The molecule has 0 aromatic rings. The first kappa shape index (κ1) is 21.0. The number of hydrogen-bond acceptors (Lipinski definition) is 1. The molecule has 1 nitrogen and oxygen atoms in total. The molecule has 0 rings (SSSR count). The van der Waals surface area contributed by atoms with E-state index < -0.39 is 0 Å². The predicted molar refractivity (Wildman–Crippen MR) is 97.8 cm³/mol. The van der Waals surface area contributed by atoms with Gasteiger partial charge in [0, 0.05) is 0 Å².